The molecule has 0 atom stereocenters. The monoisotopic (exact) mass is 265 g/mol. The molecule has 20 heavy (non-hydrogen) atoms. The zero-order valence-corrected chi connectivity index (χ0v) is 11.5. The number of hydrogen-bond acceptors (Lipinski definition) is 3. The highest BCUT2D eigenvalue weighted by Gasteiger charge is 2.02. The molecule has 0 aromatic heterocycles. The molecule has 2 aromatic rings. The summed E-state index contributed by atoms with van der Waals surface area (Å²) in [7, 11) is 3.25. The summed E-state index contributed by atoms with van der Waals surface area (Å²) in [5.41, 5.74) is 2.42. The predicted octanol–water partition coefficient (Wildman–Crippen LogP) is 3.75. The molecular formula is C17H15NO2. The van der Waals surface area contributed by atoms with Gasteiger partial charge in [0, 0.05) is 5.56 Å². The van der Waals surface area contributed by atoms with Gasteiger partial charge in [-0.3, -0.25) is 0 Å². The minimum atomic E-state index is 0.644. The molecule has 0 unspecified atom stereocenters. The van der Waals surface area contributed by atoms with Crippen molar-refractivity contribution < 1.29 is 9.47 Å². The van der Waals surface area contributed by atoms with E-state index in [9.17, 15) is 0 Å². The molecule has 0 saturated carbocycles. The van der Waals surface area contributed by atoms with Gasteiger partial charge in [0.2, 0.25) is 0 Å². The first-order valence-corrected chi connectivity index (χ1v) is 6.17. The van der Waals surface area contributed by atoms with Crippen molar-refractivity contribution in [1.29, 1.82) is 5.26 Å². The van der Waals surface area contributed by atoms with Crippen molar-refractivity contribution in [3.63, 3.8) is 0 Å². The van der Waals surface area contributed by atoms with Gasteiger partial charge in [0.25, 0.3) is 0 Å². The Balaban J connectivity index is 2.38. The van der Waals surface area contributed by atoms with Gasteiger partial charge in [-0.1, -0.05) is 30.4 Å². The Kier molecular flexibility index (Phi) is 4.41. The zero-order valence-electron chi connectivity index (χ0n) is 11.5. The van der Waals surface area contributed by atoms with Crippen molar-refractivity contribution in [2.24, 2.45) is 0 Å². The van der Waals surface area contributed by atoms with E-state index in [2.05, 4.69) is 6.07 Å². The summed E-state index contributed by atoms with van der Waals surface area (Å²) in [6, 6.07) is 15.2. The van der Waals surface area contributed by atoms with Gasteiger partial charge in [-0.15, -0.1) is 0 Å². The Hall–Kier alpha value is -2.73. The van der Waals surface area contributed by atoms with E-state index in [1.807, 2.05) is 48.6 Å². The lowest BCUT2D eigenvalue weighted by Gasteiger charge is -2.07. The standard InChI is InChI=1S/C17H15NO2/c1-19-16-9-10-17(20-2)14(11-16)8-7-13-5-3-4-6-15(13)12-18/h3-11H,1-2H3. The minimum Gasteiger partial charge on any atom is -0.497 e. The lowest BCUT2D eigenvalue weighted by Crippen LogP contribution is -1.89. The van der Waals surface area contributed by atoms with E-state index in [0.29, 0.717) is 5.56 Å². The van der Waals surface area contributed by atoms with Crippen molar-refractivity contribution >= 4 is 12.2 Å². The van der Waals surface area contributed by atoms with E-state index in [4.69, 9.17) is 14.7 Å². The van der Waals surface area contributed by atoms with Crippen molar-refractivity contribution in [1.82, 2.24) is 0 Å². The van der Waals surface area contributed by atoms with Crippen LogP contribution in [0.3, 0.4) is 0 Å². The second kappa shape index (κ2) is 6.44. The average molecular weight is 265 g/mol. The van der Waals surface area contributed by atoms with Crippen LogP contribution in [0.4, 0.5) is 0 Å². The maximum Gasteiger partial charge on any atom is 0.126 e. The van der Waals surface area contributed by atoms with E-state index >= 15 is 0 Å². The van der Waals surface area contributed by atoms with Gasteiger partial charge in [0.1, 0.15) is 11.5 Å². The van der Waals surface area contributed by atoms with Gasteiger partial charge in [-0.05, 0) is 29.8 Å². The molecule has 0 aliphatic heterocycles. The fourth-order valence-electron chi connectivity index (χ4n) is 1.89. The Labute approximate surface area is 118 Å². The van der Waals surface area contributed by atoms with E-state index in [0.717, 1.165) is 22.6 Å². The minimum absolute atomic E-state index is 0.644. The third-order valence-electron chi connectivity index (χ3n) is 2.96. The van der Waals surface area contributed by atoms with Gasteiger partial charge in [-0.25, -0.2) is 0 Å². The first-order chi connectivity index (χ1) is 9.78. The SMILES string of the molecule is COc1ccc(OC)c(C=Cc2ccccc2C#N)c1. The molecule has 100 valence electrons. The van der Waals surface area contributed by atoms with Crippen molar-refractivity contribution in [2.45, 2.75) is 0 Å². The summed E-state index contributed by atoms with van der Waals surface area (Å²) in [6.07, 6.45) is 3.81. The number of rotatable bonds is 4. The van der Waals surface area contributed by atoms with Gasteiger partial charge in [0.05, 0.1) is 25.9 Å². The number of benzene rings is 2. The molecule has 0 heterocycles. The summed E-state index contributed by atoms with van der Waals surface area (Å²) < 4.78 is 10.5. The van der Waals surface area contributed by atoms with Crippen LogP contribution in [0.2, 0.25) is 0 Å². The van der Waals surface area contributed by atoms with Crippen LogP contribution < -0.4 is 9.47 Å². The lowest BCUT2D eigenvalue weighted by molar-refractivity contribution is 0.402. The predicted molar refractivity (Wildman–Crippen MR) is 79.6 cm³/mol. The van der Waals surface area contributed by atoms with Crippen LogP contribution >= 0.6 is 0 Å². The van der Waals surface area contributed by atoms with Crippen LogP contribution in [-0.4, -0.2) is 14.2 Å². The molecule has 0 bridgehead atoms. The second-order valence-corrected chi connectivity index (χ2v) is 4.14. The van der Waals surface area contributed by atoms with Gasteiger partial charge in [-0.2, -0.15) is 5.26 Å². The molecular weight excluding hydrogens is 250 g/mol. The summed E-state index contributed by atoms with van der Waals surface area (Å²) in [6.45, 7) is 0. The number of hydrogen-bond donors (Lipinski definition) is 0. The van der Waals surface area contributed by atoms with Crippen molar-refractivity contribution in [3.05, 3.63) is 59.2 Å². The van der Waals surface area contributed by atoms with Crippen molar-refractivity contribution in [3.8, 4) is 17.6 Å². The maximum atomic E-state index is 9.07. The second-order valence-electron chi connectivity index (χ2n) is 4.14. The van der Waals surface area contributed by atoms with Gasteiger partial charge >= 0.3 is 0 Å². The highest BCUT2D eigenvalue weighted by atomic mass is 16.5. The number of methoxy groups -OCH3 is 2. The molecule has 0 spiro atoms. The van der Waals surface area contributed by atoms with Crippen molar-refractivity contribution in [2.75, 3.05) is 14.2 Å². The first kappa shape index (κ1) is 13.7. The highest BCUT2D eigenvalue weighted by Crippen LogP contribution is 2.26. The molecule has 2 rings (SSSR count). The third-order valence-corrected chi connectivity index (χ3v) is 2.96. The Morgan fingerprint density at radius 1 is 0.950 bits per heavy atom. The molecule has 3 nitrogen and oxygen atoms in total. The molecule has 0 aliphatic rings. The maximum absolute atomic E-state index is 9.07. The summed E-state index contributed by atoms with van der Waals surface area (Å²) in [5, 5.41) is 9.07. The first-order valence-electron chi connectivity index (χ1n) is 6.17. The summed E-state index contributed by atoms with van der Waals surface area (Å²) in [4.78, 5) is 0. The van der Waals surface area contributed by atoms with E-state index in [1.54, 1.807) is 20.3 Å². The van der Waals surface area contributed by atoms with Crippen LogP contribution in [0.5, 0.6) is 11.5 Å². The van der Waals surface area contributed by atoms with Crippen LogP contribution in [-0.2, 0) is 0 Å². The van der Waals surface area contributed by atoms with Crippen LogP contribution in [0.1, 0.15) is 16.7 Å². The Morgan fingerprint density at radius 2 is 1.70 bits per heavy atom. The highest BCUT2D eigenvalue weighted by molar-refractivity contribution is 5.75. The molecule has 0 aliphatic carbocycles. The lowest BCUT2D eigenvalue weighted by atomic mass is 10.1. The largest absolute Gasteiger partial charge is 0.497 e. The molecule has 0 N–H and O–H groups in total. The average Bonchev–Trinajstić information content (AvgIpc) is 2.52. The molecule has 0 saturated heterocycles. The van der Waals surface area contributed by atoms with Gasteiger partial charge in [0.15, 0.2) is 0 Å². The summed E-state index contributed by atoms with van der Waals surface area (Å²) in [5.74, 6) is 1.52. The normalized spacial score (nSPS) is 10.2. The van der Waals surface area contributed by atoms with Gasteiger partial charge < -0.3 is 9.47 Å². The quantitative estimate of drug-likeness (QED) is 0.791. The van der Waals surface area contributed by atoms with E-state index in [1.165, 1.54) is 0 Å². The Bertz CT molecular complexity index is 669. The van der Waals surface area contributed by atoms with E-state index in [-0.39, 0.29) is 0 Å². The van der Waals surface area contributed by atoms with Crippen LogP contribution in [0.25, 0.3) is 12.2 Å². The molecule has 0 radical (unpaired) electrons. The number of nitrogens with zero attached hydrogens (tertiary/aromatic N) is 1. The van der Waals surface area contributed by atoms with Crippen LogP contribution in [0, 0.1) is 11.3 Å². The summed E-state index contributed by atoms with van der Waals surface area (Å²) >= 11 is 0. The number of ether oxygens (including phenoxy) is 2. The van der Waals surface area contributed by atoms with Crippen LogP contribution in [0.15, 0.2) is 42.5 Å². The number of nitriles is 1. The Morgan fingerprint density at radius 3 is 2.40 bits per heavy atom. The third kappa shape index (κ3) is 2.99. The molecule has 0 amide bonds. The molecule has 2 aromatic carbocycles. The van der Waals surface area contributed by atoms with E-state index < -0.39 is 0 Å². The fourth-order valence-corrected chi connectivity index (χ4v) is 1.89. The zero-order chi connectivity index (χ0) is 14.4. The fraction of sp³-hybridized carbons (Fsp3) is 0.118. The topological polar surface area (TPSA) is 42.2 Å². The molecule has 0 fully saturated rings. The smallest absolute Gasteiger partial charge is 0.126 e. The molecule has 3 heteroatoms.